The van der Waals surface area contributed by atoms with E-state index in [9.17, 15) is 9.59 Å². The highest BCUT2D eigenvalue weighted by Gasteiger charge is 2.27. The Kier molecular flexibility index (Phi) is 7.69. The van der Waals surface area contributed by atoms with Gasteiger partial charge in [0.05, 0.1) is 38.5 Å². The van der Waals surface area contributed by atoms with E-state index in [1.165, 1.54) is 34.5 Å². The second-order valence-corrected chi connectivity index (χ2v) is 6.54. The van der Waals surface area contributed by atoms with E-state index in [-0.39, 0.29) is 5.56 Å². The fourth-order valence-corrected chi connectivity index (χ4v) is 3.34. The van der Waals surface area contributed by atoms with E-state index in [2.05, 4.69) is 21.2 Å². The van der Waals surface area contributed by atoms with Crippen LogP contribution in [0.2, 0.25) is 0 Å². The van der Waals surface area contributed by atoms with Crippen LogP contribution in [-0.2, 0) is 16.0 Å². The molecule has 0 bridgehead atoms. The molecule has 2 aromatic carbocycles. The van der Waals surface area contributed by atoms with Gasteiger partial charge in [0.25, 0.3) is 5.91 Å². The average molecular weight is 452 g/mol. The molecule has 28 heavy (non-hydrogen) atoms. The number of ether oxygens (including phenoxy) is 4. The second-order valence-electron chi connectivity index (χ2n) is 5.75. The Morgan fingerprint density at radius 2 is 1.64 bits per heavy atom. The largest absolute Gasteiger partial charge is 0.493 e. The number of rotatable bonds is 8. The maximum Gasteiger partial charge on any atom is 0.328 e. The smallest absolute Gasteiger partial charge is 0.328 e. The lowest BCUT2D eigenvalue weighted by atomic mass is 10.1. The Hall–Kier alpha value is -2.74. The van der Waals surface area contributed by atoms with Crippen molar-refractivity contribution in [2.45, 2.75) is 12.5 Å². The molecule has 1 atom stereocenters. The van der Waals surface area contributed by atoms with E-state index in [1.807, 2.05) is 30.3 Å². The number of carbonyl (C=O) groups is 2. The highest BCUT2D eigenvalue weighted by atomic mass is 79.9. The van der Waals surface area contributed by atoms with Crippen LogP contribution in [0.4, 0.5) is 0 Å². The van der Waals surface area contributed by atoms with Gasteiger partial charge in [0.2, 0.25) is 5.75 Å². The first-order valence-corrected chi connectivity index (χ1v) is 9.17. The van der Waals surface area contributed by atoms with Crippen LogP contribution in [0.15, 0.2) is 40.9 Å². The molecule has 1 amide bonds. The van der Waals surface area contributed by atoms with Gasteiger partial charge in [-0.3, -0.25) is 4.79 Å². The van der Waals surface area contributed by atoms with Gasteiger partial charge < -0.3 is 24.3 Å². The van der Waals surface area contributed by atoms with Gasteiger partial charge in [-0.2, -0.15) is 0 Å². The molecule has 150 valence electrons. The molecular weight excluding hydrogens is 430 g/mol. The van der Waals surface area contributed by atoms with Crippen molar-refractivity contribution in [3.8, 4) is 17.2 Å². The van der Waals surface area contributed by atoms with Gasteiger partial charge in [0, 0.05) is 6.42 Å². The Balaban J connectivity index is 2.36. The predicted octanol–water partition coefficient (Wildman–Crippen LogP) is 2.99. The van der Waals surface area contributed by atoms with Gasteiger partial charge in [0.15, 0.2) is 11.5 Å². The highest BCUT2D eigenvalue weighted by molar-refractivity contribution is 9.10. The summed E-state index contributed by atoms with van der Waals surface area (Å²) in [5.41, 5.74) is 1.12. The summed E-state index contributed by atoms with van der Waals surface area (Å²) < 4.78 is 21.2. The SMILES string of the molecule is COC(=O)C(Cc1ccccc1)NC(=O)c1cc(OC)c(OC)c(OC)c1Br. The summed E-state index contributed by atoms with van der Waals surface area (Å²) in [6, 6.07) is 10.0. The maximum absolute atomic E-state index is 12.9. The molecule has 7 nitrogen and oxygen atoms in total. The summed E-state index contributed by atoms with van der Waals surface area (Å²) in [6.07, 6.45) is 0.293. The zero-order valence-corrected chi connectivity index (χ0v) is 17.7. The first-order chi connectivity index (χ1) is 13.5. The van der Waals surface area contributed by atoms with Crippen LogP contribution in [0, 0.1) is 0 Å². The van der Waals surface area contributed by atoms with Crippen LogP contribution in [0.5, 0.6) is 17.2 Å². The zero-order chi connectivity index (χ0) is 20.7. The van der Waals surface area contributed by atoms with Crippen LogP contribution in [0.25, 0.3) is 0 Å². The van der Waals surface area contributed by atoms with Crippen molar-refractivity contribution in [2.75, 3.05) is 28.4 Å². The molecule has 0 saturated heterocycles. The van der Waals surface area contributed by atoms with Gasteiger partial charge in [-0.05, 0) is 27.6 Å². The first kappa shape index (κ1) is 21.6. The third-order valence-corrected chi connectivity index (χ3v) is 4.88. The molecule has 1 unspecified atom stereocenters. The molecule has 0 radical (unpaired) electrons. The Bertz CT molecular complexity index is 840. The summed E-state index contributed by atoms with van der Waals surface area (Å²) in [4.78, 5) is 25.1. The van der Waals surface area contributed by atoms with Crippen molar-refractivity contribution in [2.24, 2.45) is 0 Å². The molecule has 0 aliphatic carbocycles. The number of amides is 1. The summed E-state index contributed by atoms with van der Waals surface area (Å²) in [6.45, 7) is 0. The third-order valence-electron chi connectivity index (χ3n) is 4.09. The second kappa shape index (κ2) is 9.98. The van der Waals surface area contributed by atoms with Crippen molar-refractivity contribution in [1.82, 2.24) is 5.32 Å². The molecule has 0 saturated carbocycles. The van der Waals surface area contributed by atoms with Crippen LogP contribution in [0.1, 0.15) is 15.9 Å². The van der Waals surface area contributed by atoms with Crippen LogP contribution >= 0.6 is 15.9 Å². The van der Waals surface area contributed by atoms with Crippen LogP contribution in [0.3, 0.4) is 0 Å². The molecule has 0 fully saturated rings. The highest BCUT2D eigenvalue weighted by Crippen LogP contribution is 2.44. The van der Waals surface area contributed by atoms with Gasteiger partial charge in [-0.25, -0.2) is 4.79 Å². The molecule has 1 N–H and O–H groups in total. The number of methoxy groups -OCH3 is 4. The molecule has 0 heterocycles. The summed E-state index contributed by atoms with van der Waals surface area (Å²) >= 11 is 3.37. The number of halogens is 1. The minimum atomic E-state index is -0.856. The van der Waals surface area contributed by atoms with Gasteiger partial charge in [0.1, 0.15) is 6.04 Å². The number of benzene rings is 2. The van der Waals surface area contributed by atoms with Crippen molar-refractivity contribution in [1.29, 1.82) is 0 Å². The van der Waals surface area contributed by atoms with Crippen LogP contribution < -0.4 is 19.5 Å². The van der Waals surface area contributed by atoms with E-state index < -0.39 is 17.9 Å². The molecule has 0 spiro atoms. The van der Waals surface area contributed by atoms with Crippen molar-refractivity contribution >= 4 is 27.8 Å². The van der Waals surface area contributed by atoms with Gasteiger partial charge in [-0.15, -0.1) is 0 Å². The zero-order valence-electron chi connectivity index (χ0n) is 16.1. The van der Waals surface area contributed by atoms with E-state index in [0.29, 0.717) is 28.1 Å². The quantitative estimate of drug-likeness (QED) is 0.621. The Labute approximate surface area is 172 Å². The number of esters is 1. The summed E-state index contributed by atoms with van der Waals surface area (Å²) in [5, 5.41) is 2.72. The monoisotopic (exact) mass is 451 g/mol. The Morgan fingerprint density at radius 3 is 2.18 bits per heavy atom. The lowest BCUT2D eigenvalue weighted by molar-refractivity contribution is -0.142. The number of carbonyl (C=O) groups excluding carboxylic acids is 2. The minimum Gasteiger partial charge on any atom is -0.493 e. The summed E-state index contributed by atoms with van der Waals surface area (Å²) in [5.74, 6) is -0.0458. The molecule has 0 aliphatic rings. The third kappa shape index (κ3) is 4.75. The summed E-state index contributed by atoms with van der Waals surface area (Å²) in [7, 11) is 5.66. The number of hydrogen-bond donors (Lipinski definition) is 1. The molecule has 2 aromatic rings. The standard InChI is InChI=1S/C20H22BrNO6/c1-25-15-11-13(16(21)18(27-3)17(15)26-2)19(23)22-14(20(24)28-4)10-12-8-6-5-7-9-12/h5-9,11,14H,10H2,1-4H3,(H,22,23). The predicted molar refractivity (Wildman–Crippen MR) is 107 cm³/mol. The van der Waals surface area contributed by atoms with E-state index in [1.54, 1.807) is 0 Å². The van der Waals surface area contributed by atoms with Crippen molar-refractivity contribution in [3.05, 3.63) is 52.0 Å². The average Bonchev–Trinajstić information content (AvgIpc) is 2.72. The van der Waals surface area contributed by atoms with E-state index in [0.717, 1.165) is 5.56 Å². The molecule has 0 aliphatic heterocycles. The minimum absolute atomic E-state index is 0.233. The lowest BCUT2D eigenvalue weighted by Gasteiger charge is -2.19. The lowest BCUT2D eigenvalue weighted by Crippen LogP contribution is -2.43. The molecule has 2 rings (SSSR count). The van der Waals surface area contributed by atoms with E-state index >= 15 is 0 Å². The van der Waals surface area contributed by atoms with Gasteiger partial charge >= 0.3 is 5.97 Å². The molecule has 8 heteroatoms. The Morgan fingerprint density at radius 1 is 1.00 bits per heavy atom. The van der Waals surface area contributed by atoms with Gasteiger partial charge in [-0.1, -0.05) is 30.3 Å². The topological polar surface area (TPSA) is 83.1 Å². The molecule has 0 aromatic heterocycles. The fourth-order valence-electron chi connectivity index (χ4n) is 2.71. The normalized spacial score (nSPS) is 11.3. The fraction of sp³-hybridized carbons (Fsp3) is 0.300. The number of hydrogen-bond acceptors (Lipinski definition) is 6. The maximum atomic E-state index is 12.9. The van der Waals surface area contributed by atoms with Crippen LogP contribution in [-0.4, -0.2) is 46.4 Å². The number of nitrogens with one attached hydrogen (secondary N) is 1. The van der Waals surface area contributed by atoms with Crippen molar-refractivity contribution in [3.63, 3.8) is 0 Å². The van der Waals surface area contributed by atoms with Crippen molar-refractivity contribution < 1.29 is 28.5 Å². The van der Waals surface area contributed by atoms with E-state index in [4.69, 9.17) is 18.9 Å². The molecular formula is C20H22BrNO6. The first-order valence-electron chi connectivity index (χ1n) is 8.37.